The minimum absolute atomic E-state index is 0.0891. The molecule has 1 rings (SSSR count). The fourth-order valence-corrected chi connectivity index (χ4v) is 3.79. The molecule has 5 nitrogen and oxygen atoms in total. The zero-order chi connectivity index (χ0) is 16.1. The van der Waals surface area contributed by atoms with Crippen LogP contribution in [0.25, 0.3) is 0 Å². The van der Waals surface area contributed by atoms with Gasteiger partial charge in [-0.25, -0.2) is 17.7 Å². The van der Waals surface area contributed by atoms with Crippen molar-refractivity contribution in [2.45, 2.75) is 46.1 Å². The number of nitrogens with one attached hydrogen (secondary N) is 1. The lowest BCUT2D eigenvalue weighted by molar-refractivity contribution is 0.419. The van der Waals surface area contributed by atoms with Gasteiger partial charge in [0.15, 0.2) is 0 Å². The topological polar surface area (TPSA) is 62.3 Å². The van der Waals surface area contributed by atoms with Crippen molar-refractivity contribution < 1.29 is 8.42 Å². The molecule has 1 N–H and O–H groups in total. The maximum absolute atomic E-state index is 11.4. The van der Waals surface area contributed by atoms with Crippen molar-refractivity contribution in [2.75, 3.05) is 25.9 Å². The molecule has 1 heterocycles. The van der Waals surface area contributed by atoms with Crippen molar-refractivity contribution in [3.8, 4) is 0 Å². The molecule has 1 aromatic heterocycles. The summed E-state index contributed by atoms with van der Waals surface area (Å²) in [5, 5.41) is 6.51. The van der Waals surface area contributed by atoms with E-state index in [-0.39, 0.29) is 5.41 Å². The van der Waals surface area contributed by atoms with Crippen LogP contribution in [0, 0.1) is 0 Å². The minimum atomic E-state index is -3.07. The van der Waals surface area contributed by atoms with Crippen molar-refractivity contribution >= 4 is 21.4 Å². The van der Waals surface area contributed by atoms with E-state index in [0.29, 0.717) is 13.1 Å². The zero-order valence-corrected chi connectivity index (χ0v) is 15.3. The molecule has 21 heavy (non-hydrogen) atoms. The molecule has 0 aliphatic carbocycles. The monoisotopic (exact) mass is 333 g/mol. The molecule has 0 saturated carbocycles. The van der Waals surface area contributed by atoms with E-state index in [9.17, 15) is 8.42 Å². The summed E-state index contributed by atoms with van der Waals surface area (Å²) in [5.74, 6) is 0. The third-order valence-electron chi connectivity index (χ3n) is 3.18. The molecule has 0 aliphatic heterocycles. The summed E-state index contributed by atoms with van der Waals surface area (Å²) in [6.45, 7) is 10.9. The normalized spacial score (nSPS) is 13.0. The summed E-state index contributed by atoms with van der Waals surface area (Å²) >= 11 is 1.67. The second-order valence-electron chi connectivity index (χ2n) is 6.16. The van der Waals surface area contributed by atoms with Crippen molar-refractivity contribution in [3.63, 3.8) is 0 Å². The van der Waals surface area contributed by atoms with Crippen LogP contribution in [-0.4, -0.2) is 43.6 Å². The summed E-state index contributed by atoms with van der Waals surface area (Å²) in [7, 11) is -3.07. The molecular weight excluding hydrogens is 306 g/mol. The Hall–Kier alpha value is -0.500. The second-order valence-corrected chi connectivity index (χ2v) is 9.09. The van der Waals surface area contributed by atoms with Crippen LogP contribution in [0.1, 0.15) is 44.8 Å². The van der Waals surface area contributed by atoms with Gasteiger partial charge in [0, 0.05) is 30.4 Å². The molecule has 0 aromatic carbocycles. The van der Waals surface area contributed by atoms with Crippen molar-refractivity contribution in [2.24, 2.45) is 0 Å². The van der Waals surface area contributed by atoms with Crippen molar-refractivity contribution in [3.05, 3.63) is 16.1 Å². The smallest absolute Gasteiger partial charge is 0.211 e. The van der Waals surface area contributed by atoms with Crippen LogP contribution in [0.2, 0.25) is 0 Å². The van der Waals surface area contributed by atoms with Gasteiger partial charge in [-0.2, -0.15) is 0 Å². The number of hydrogen-bond donors (Lipinski definition) is 1. The summed E-state index contributed by atoms with van der Waals surface area (Å²) in [6.07, 6.45) is 2.06. The average molecular weight is 334 g/mol. The van der Waals surface area contributed by atoms with Crippen molar-refractivity contribution in [1.29, 1.82) is 0 Å². The lowest BCUT2D eigenvalue weighted by Gasteiger charge is -2.17. The number of hydrogen-bond acceptors (Lipinski definition) is 5. The van der Waals surface area contributed by atoms with Crippen LogP contribution in [0.3, 0.4) is 0 Å². The average Bonchev–Trinajstić information content (AvgIpc) is 2.80. The largest absolute Gasteiger partial charge is 0.310 e. The van der Waals surface area contributed by atoms with Gasteiger partial charge in [0.05, 0.1) is 11.9 Å². The van der Waals surface area contributed by atoms with Crippen LogP contribution in [0.4, 0.5) is 0 Å². The molecule has 0 atom stereocenters. The molecule has 0 bridgehead atoms. The first kappa shape index (κ1) is 18.5. The van der Waals surface area contributed by atoms with E-state index in [1.807, 2.05) is 6.92 Å². The van der Waals surface area contributed by atoms with Crippen LogP contribution in [0.15, 0.2) is 5.38 Å². The van der Waals surface area contributed by atoms with Gasteiger partial charge >= 0.3 is 0 Å². The Morgan fingerprint density at radius 1 is 1.38 bits per heavy atom. The fraction of sp³-hybridized carbons (Fsp3) is 0.786. The third-order valence-corrected chi connectivity index (χ3v) is 5.41. The van der Waals surface area contributed by atoms with Gasteiger partial charge < -0.3 is 5.32 Å². The Labute approximate surface area is 132 Å². The van der Waals surface area contributed by atoms with Gasteiger partial charge in [0.1, 0.15) is 5.01 Å². The van der Waals surface area contributed by atoms with E-state index in [2.05, 4.69) is 36.5 Å². The summed E-state index contributed by atoms with van der Waals surface area (Å²) < 4.78 is 24.4. The number of nitrogens with zero attached hydrogens (tertiary/aromatic N) is 2. The first-order chi connectivity index (χ1) is 9.64. The lowest BCUT2D eigenvalue weighted by Crippen LogP contribution is -2.32. The number of aromatic nitrogens is 1. The van der Waals surface area contributed by atoms with Gasteiger partial charge in [-0.05, 0) is 13.0 Å². The molecule has 0 amide bonds. The maximum atomic E-state index is 11.4. The Morgan fingerprint density at radius 2 is 2.05 bits per heavy atom. The molecule has 122 valence electrons. The summed E-state index contributed by atoms with van der Waals surface area (Å²) in [4.78, 5) is 4.62. The van der Waals surface area contributed by atoms with Gasteiger partial charge in [-0.15, -0.1) is 11.3 Å². The zero-order valence-electron chi connectivity index (χ0n) is 13.6. The van der Waals surface area contributed by atoms with Crippen LogP contribution >= 0.6 is 11.3 Å². The van der Waals surface area contributed by atoms with E-state index in [1.165, 1.54) is 10.6 Å². The molecule has 0 aliphatic rings. The molecule has 0 radical (unpaired) electrons. The van der Waals surface area contributed by atoms with E-state index in [1.54, 1.807) is 11.3 Å². The van der Waals surface area contributed by atoms with Gasteiger partial charge in [0.25, 0.3) is 0 Å². The molecule has 0 fully saturated rings. The summed E-state index contributed by atoms with van der Waals surface area (Å²) in [5.41, 5.74) is 1.21. The molecular formula is C14H27N3O2S2. The first-order valence-corrected chi connectivity index (χ1v) is 9.98. The Kier molecular flexibility index (Phi) is 6.77. The van der Waals surface area contributed by atoms with E-state index in [4.69, 9.17) is 0 Å². The SMILES string of the molecule is CCN(CCCNCc1nc(C(C)(C)C)cs1)S(C)(=O)=O. The van der Waals surface area contributed by atoms with Crippen LogP contribution in [0.5, 0.6) is 0 Å². The Bertz CT molecular complexity index is 533. The van der Waals surface area contributed by atoms with Crippen LogP contribution < -0.4 is 5.32 Å². The standard InChI is InChI=1S/C14H27N3O2S2/c1-6-17(21(5,18)19)9-7-8-15-10-13-16-12(11-20-13)14(2,3)4/h11,15H,6-10H2,1-5H3. The predicted molar refractivity (Wildman–Crippen MR) is 89.2 cm³/mol. The van der Waals surface area contributed by atoms with E-state index in [0.717, 1.165) is 30.2 Å². The molecule has 1 aromatic rings. The number of rotatable bonds is 8. The van der Waals surface area contributed by atoms with Gasteiger partial charge in [0.2, 0.25) is 10.0 Å². The highest BCUT2D eigenvalue weighted by molar-refractivity contribution is 7.88. The van der Waals surface area contributed by atoms with Gasteiger partial charge in [-0.3, -0.25) is 0 Å². The Balaban J connectivity index is 2.30. The third kappa shape index (κ3) is 6.42. The quantitative estimate of drug-likeness (QED) is 0.741. The second kappa shape index (κ2) is 7.67. The van der Waals surface area contributed by atoms with E-state index >= 15 is 0 Å². The molecule has 0 spiro atoms. The molecule has 0 saturated heterocycles. The summed E-state index contributed by atoms with van der Waals surface area (Å²) in [6, 6.07) is 0. The highest BCUT2D eigenvalue weighted by Gasteiger charge is 2.17. The molecule has 0 unspecified atom stereocenters. The predicted octanol–water partition coefficient (Wildman–Crippen LogP) is 2.20. The van der Waals surface area contributed by atoms with Crippen LogP contribution in [-0.2, 0) is 22.0 Å². The highest BCUT2D eigenvalue weighted by atomic mass is 32.2. The molecule has 7 heteroatoms. The van der Waals surface area contributed by atoms with E-state index < -0.39 is 10.0 Å². The lowest BCUT2D eigenvalue weighted by atomic mass is 9.93. The first-order valence-electron chi connectivity index (χ1n) is 7.25. The number of thiazole rings is 1. The maximum Gasteiger partial charge on any atom is 0.211 e. The highest BCUT2D eigenvalue weighted by Crippen LogP contribution is 2.23. The minimum Gasteiger partial charge on any atom is -0.310 e. The number of sulfonamides is 1. The Morgan fingerprint density at radius 3 is 2.52 bits per heavy atom. The van der Waals surface area contributed by atoms with Crippen molar-refractivity contribution in [1.82, 2.24) is 14.6 Å². The van der Waals surface area contributed by atoms with Gasteiger partial charge in [-0.1, -0.05) is 27.7 Å². The fourth-order valence-electron chi connectivity index (χ4n) is 1.87.